The first kappa shape index (κ1) is 17.5. The molecule has 1 unspecified atom stereocenters. The first-order chi connectivity index (χ1) is 10.7. The van der Waals surface area contributed by atoms with Crippen LogP contribution in [0, 0.1) is 0 Å². The summed E-state index contributed by atoms with van der Waals surface area (Å²) in [5.41, 5.74) is 1.48. The molecule has 0 aliphatic carbocycles. The Bertz CT molecular complexity index is 410. The number of quaternary nitrogens is 1. The van der Waals surface area contributed by atoms with Gasteiger partial charge < -0.3 is 14.7 Å². The number of rotatable bonds is 8. The number of nitrogens with zero attached hydrogens (tertiary/aromatic N) is 2. The predicted octanol–water partition coefficient (Wildman–Crippen LogP) is 2.38. The number of nitrogens with one attached hydrogen (secondary N) is 1. The van der Waals surface area contributed by atoms with Crippen LogP contribution >= 0.6 is 0 Å². The summed E-state index contributed by atoms with van der Waals surface area (Å²) in [5, 5.41) is 3.56. The van der Waals surface area contributed by atoms with Crippen molar-refractivity contribution in [3.05, 3.63) is 35.9 Å². The molecule has 1 heterocycles. The van der Waals surface area contributed by atoms with Crippen molar-refractivity contribution in [3.8, 4) is 0 Å². The van der Waals surface area contributed by atoms with Crippen LogP contribution in [0.2, 0.25) is 0 Å². The lowest BCUT2D eigenvalue weighted by Crippen LogP contribution is -2.66. The summed E-state index contributed by atoms with van der Waals surface area (Å²) < 4.78 is 1.30. The molecular weight excluding hydrogens is 270 g/mol. The van der Waals surface area contributed by atoms with Gasteiger partial charge in [0.2, 0.25) is 0 Å². The van der Waals surface area contributed by atoms with Crippen LogP contribution in [0.15, 0.2) is 30.3 Å². The molecule has 3 nitrogen and oxygen atoms in total. The summed E-state index contributed by atoms with van der Waals surface area (Å²) in [5.74, 6) is 0. The highest BCUT2D eigenvalue weighted by Gasteiger charge is 2.37. The van der Waals surface area contributed by atoms with Gasteiger partial charge >= 0.3 is 0 Å². The zero-order valence-corrected chi connectivity index (χ0v) is 14.7. The van der Waals surface area contributed by atoms with Crippen LogP contribution in [-0.4, -0.2) is 68.8 Å². The van der Waals surface area contributed by atoms with Crippen LogP contribution in [0.25, 0.3) is 0 Å². The number of piperazine rings is 1. The highest BCUT2D eigenvalue weighted by atomic mass is 15.4. The van der Waals surface area contributed by atoms with Crippen molar-refractivity contribution in [2.75, 3.05) is 53.4 Å². The lowest BCUT2D eigenvalue weighted by atomic mass is 10.0. The Labute approximate surface area is 136 Å². The molecule has 0 saturated carbocycles. The Kier molecular flexibility index (Phi) is 6.87. The van der Waals surface area contributed by atoms with Gasteiger partial charge in [0.25, 0.3) is 0 Å². The molecule has 0 aromatic heterocycles. The van der Waals surface area contributed by atoms with Crippen LogP contribution in [0.5, 0.6) is 0 Å². The average Bonchev–Trinajstić information content (AvgIpc) is 2.54. The average molecular weight is 305 g/mol. The van der Waals surface area contributed by atoms with Crippen molar-refractivity contribution in [1.29, 1.82) is 0 Å². The second-order valence-electron chi connectivity index (χ2n) is 7.08. The number of hydrogen-bond donors (Lipinski definition) is 1. The van der Waals surface area contributed by atoms with E-state index in [0.29, 0.717) is 0 Å². The second-order valence-corrected chi connectivity index (χ2v) is 7.08. The summed E-state index contributed by atoms with van der Waals surface area (Å²) in [6, 6.07) is 11.8. The fourth-order valence-electron chi connectivity index (χ4n) is 3.90. The minimum atomic E-state index is 0.769. The third kappa shape index (κ3) is 4.80. The molecule has 2 rings (SSSR count). The largest absolute Gasteiger partial charge is 0.318 e. The normalized spacial score (nSPS) is 19.3. The number of benzene rings is 1. The molecule has 0 bridgehead atoms. The Hall–Kier alpha value is -0.900. The van der Waals surface area contributed by atoms with Crippen molar-refractivity contribution in [1.82, 2.24) is 10.2 Å². The fourth-order valence-corrected chi connectivity index (χ4v) is 3.90. The maximum absolute atomic E-state index is 3.56. The van der Waals surface area contributed by atoms with E-state index in [0.717, 1.165) is 6.04 Å². The quantitative estimate of drug-likeness (QED) is 0.742. The molecule has 1 aromatic rings. The lowest BCUT2D eigenvalue weighted by molar-refractivity contribution is -0.952. The number of likely N-dealkylation sites (N-methyl/N-ethyl adjacent to an activating group) is 1. The Morgan fingerprint density at radius 2 is 1.82 bits per heavy atom. The third-order valence-corrected chi connectivity index (χ3v) is 5.13. The molecule has 0 radical (unpaired) electrons. The summed E-state index contributed by atoms with van der Waals surface area (Å²) >= 11 is 0. The maximum atomic E-state index is 3.56. The van der Waals surface area contributed by atoms with Gasteiger partial charge in [-0.2, -0.15) is 0 Å². The molecule has 0 spiro atoms. The van der Waals surface area contributed by atoms with Crippen molar-refractivity contribution in [3.63, 3.8) is 0 Å². The van der Waals surface area contributed by atoms with Gasteiger partial charge in [-0.05, 0) is 19.7 Å². The van der Waals surface area contributed by atoms with Crippen molar-refractivity contribution < 1.29 is 4.48 Å². The van der Waals surface area contributed by atoms with Crippen molar-refractivity contribution in [2.45, 2.75) is 32.2 Å². The Morgan fingerprint density at radius 1 is 1.14 bits per heavy atom. The zero-order chi connectivity index (χ0) is 15.8. The molecule has 1 N–H and O–H groups in total. The maximum Gasteiger partial charge on any atom is 0.102 e. The fraction of sp³-hybridized carbons (Fsp3) is 0.684. The smallest absolute Gasteiger partial charge is 0.102 e. The molecule has 0 amide bonds. The van der Waals surface area contributed by atoms with Crippen molar-refractivity contribution in [2.24, 2.45) is 0 Å². The third-order valence-electron chi connectivity index (χ3n) is 5.13. The van der Waals surface area contributed by atoms with Crippen LogP contribution in [0.4, 0.5) is 0 Å². The molecule has 22 heavy (non-hydrogen) atoms. The van der Waals surface area contributed by atoms with E-state index in [9.17, 15) is 0 Å². The van der Waals surface area contributed by atoms with Crippen LogP contribution in [0.3, 0.4) is 0 Å². The minimum absolute atomic E-state index is 0.769. The van der Waals surface area contributed by atoms with Gasteiger partial charge in [0, 0.05) is 25.9 Å². The monoisotopic (exact) mass is 304 g/mol. The van der Waals surface area contributed by atoms with E-state index < -0.39 is 0 Å². The molecule has 3 heteroatoms. The molecule has 124 valence electrons. The second kappa shape index (κ2) is 8.66. The Morgan fingerprint density at radius 3 is 2.41 bits per heavy atom. The SMILES string of the molecule is CCCC(CN(C)C)[N+]1(CCc2ccccc2)CCNCC1. The summed E-state index contributed by atoms with van der Waals surface area (Å²) in [6.45, 7) is 9.73. The van der Waals surface area contributed by atoms with E-state index in [1.165, 1.54) is 68.6 Å². The molecule has 1 aromatic carbocycles. The van der Waals surface area contributed by atoms with E-state index in [4.69, 9.17) is 0 Å². The van der Waals surface area contributed by atoms with Crippen LogP contribution < -0.4 is 5.32 Å². The van der Waals surface area contributed by atoms with E-state index >= 15 is 0 Å². The summed E-state index contributed by atoms with van der Waals surface area (Å²) in [7, 11) is 4.44. The van der Waals surface area contributed by atoms with E-state index in [-0.39, 0.29) is 0 Å². The molecule has 1 saturated heterocycles. The summed E-state index contributed by atoms with van der Waals surface area (Å²) in [4.78, 5) is 2.38. The van der Waals surface area contributed by atoms with Gasteiger partial charge in [-0.3, -0.25) is 0 Å². The highest BCUT2D eigenvalue weighted by molar-refractivity contribution is 5.14. The predicted molar refractivity (Wildman–Crippen MR) is 95.1 cm³/mol. The van der Waals surface area contributed by atoms with E-state index in [2.05, 4.69) is 61.6 Å². The molecule has 1 atom stereocenters. The summed E-state index contributed by atoms with van der Waals surface area (Å²) in [6.07, 6.45) is 3.83. The minimum Gasteiger partial charge on any atom is -0.318 e. The van der Waals surface area contributed by atoms with Crippen molar-refractivity contribution >= 4 is 0 Å². The topological polar surface area (TPSA) is 15.3 Å². The zero-order valence-electron chi connectivity index (χ0n) is 14.7. The molecular formula is C19H34N3+. The van der Waals surface area contributed by atoms with Gasteiger partial charge in [-0.25, -0.2) is 0 Å². The molecule has 1 aliphatic heterocycles. The van der Waals surface area contributed by atoms with Gasteiger partial charge in [0.1, 0.15) is 6.04 Å². The lowest BCUT2D eigenvalue weighted by Gasteiger charge is -2.48. The van der Waals surface area contributed by atoms with Crippen LogP contribution in [-0.2, 0) is 6.42 Å². The van der Waals surface area contributed by atoms with Gasteiger partial charge in [0.05, 0.1) is 26.2 Å². The molecule has 1 aliphatic rings. The number of hydrogen-bond acceptors (Lipinski definition) is 2. The first-order valence-electron chi connectivity index (χ1n) is 8.91. The van der Waals surface area contributed by atoms with E-state index in [1.807, 2.05) is 0 Å². The standard InChI is InChI=1S/C19H34N3/c1-4-8-19(17-21(2)3)22(15-12-20-13-16-22)14-11-18-9-6-5-7-10-18/h5-7,9-10,19-20H,4,8,11-17H2,1-3H3/q+1. The highest BCUT2D eigenvalue weighted by Crippen LogP contribution is 2.22. The van der Waals surface area contributed by atoms with Gasteiger partial charge in [-0.1, -0.05) is 43.7 Å². The van der Waals surface area contributed by atoms with Gasteiger partial charge in [0.15, 0.2) is 0 Å². The Balaban J connectivity index is 2.10. The van der Waals surface area contributed by atoms with Crippen LogP contribution in [0.1, 0.15) is 25.3 Å². The van der Waals surface area contributed by atoms with Gasteiger partial charge in [-0.15, -0.1) is 0 Å². The van der Waals surface area contributed by atoms with E-state index in [1.54, 1.807) is 0 Å². The first-order valence-corrected chi connectivity index (χ1v) is 8.91. The molecule has 1 fully saturated rings.